The van der Waals surface area contributed by atoms with Crippen molar-refractivity contribution < 1.29 is 36.3 Å². The molecule has 0 unspecified atom stereocenters. The van der Waals surface area contributed by atoms with Gasteiger partial charge in [-0.15, -0.1) is 0 Å². The molecule has 2 aliphatic heterocycles. The molecular formula is C27H30F5N9O3. The van der Waals surface area contributed by atoms with Gasteiger partial charge in [0.15, 0.2) is 11.5 Å². The number of anilines is 1. The van der Waals surface area contributed by atoms with Crippen LogP contribution in [0.1, 0.15) is 32.2 Å². The number of aryl methyl sites for hydroxylation is 1. The van der Waals surface area contributed by atoms with Gasteiger partial charge < -0.3 is 30.3 Å². The molecule has 2 saturated heterocycles. The van der Waals surface area contributed by atoms with Crippen molar-refractivity contribution in [3.05, 3.63) is 53.2 Å². The van der Waals surface area contributed by atoms with Crippen LogP contribution in [0, 0.1) is 6.92 Å². The van der Waals surface area contributed by atoms with Crippen LogP contribution in [0.5, 0.6) is 0 Å². The molecule has 3 aromatic rings. The molecule has 3 N–H and O–H groups in total. The Morgan fingerprint density at radius 1 is 1.09 bits per heavy atom. The predicted molar refractivity (Wildman–Crippen MR) is 147 cm³/mol. The van der Waals surface area contributed by atoms with E-state index in [1.165, 1.54) is 13.1 Å². The Balaban J connectivity index is 1.24. The molecule has 0 saturated carbocycles. The standard InChI is InChI=1S/C27H30F5N9O3/c1-15-9-16(3-4-18(15)25(43)39-5-7-40(8-6-39)26(44)36-17-10-33-11-17)35-24(42)23-34-12-20(38(23)2)19-13-41(14-21(28)29)37-22(19)27(30,31)32/h3-4,9,12-13,17,21,33H,5-8,10-11,14H2,1-2H3,(H,35,42)(H,36,44). The van der Waals surface area contributed by atoms with Gasteiger partial charge in [0.05, 0.1) is 23.5 Å². The number of carbonyl (C=O) groups is 3. The van der Waals surface area contributed by atoms with Crippen molar-refractivity contribution in [2.45, 2.75) is 32.1 Å². The summed E-state index contributed by atoms with van der Waals surface area (Å²) in [5, 5.41) is 11.9. The minimum Gasteiger partial charge on any atom is -0.335 e. The number of carbonyl (C=O) groups excluding carboxylic acids is 3. The van der Waals surface area contributed by atoms with Crippen molar-refractivity contribution in [3.8, 4) is 11.3 Å². The van der Waals surface area contributed by atoms with Gasteiger partial charge in [0, 0.05) is 63.8 Å². The first kappa shape index (κ1) is 30.9. The smallest absolute Gasteiger partial charge is 0.335 e. The van der Waals surface area contributed by atoms with E-state index >= 15 is 0 Å². The van der Waals surface area contributed by atoms with E-state index in [9.17, 15) is 36.3 Å². The van der Waals surface area contributed by atoms with E-state index in [1.807, 2.05) is 0 Å². The van der Waals surface area contributed by atoms with Crippen LogP contribution in [-0.4, -0.2) is 98.7 Å². The van der Waals surface area contributed by atoms with E-state index in [0.29, 0.717) is 47.7 Å². The molecule has 1 aromatic carbocycles. The lowest BCUT2D eigenvalue weighted by molar-refractivity contribution is -0.141. The van der Waals surface area contributed by atoms with E-state index in [2.05, 4.69) is 26.0 Å². The predicted octanol–water partition coefficient (Wildman–Crippen LogP) is 2.57. The Hall–Kier alpha value is -4.54. The second-order valence-corrected chi connectivity index (χ2v) is 10.6. The lowest BCUT2D eigenvalue weighted by Crippen LogP contribution is -2.61. The number of urea groups is 1. The maximum atomic E-state index is 13.6. The summed E-state index contributed by atoms with van der Waals surface area (Å²) in [6, 6.07) is 4.64. The first-order chi connectivity index (χ1) is 20.8. The first-order valence-corrected chi connectivity index (χ1v) is 13.7. The fourth-order valence-corrected chi connectivity index (χ4v) is 5.03. The quantitative estimate of drug-likeness (QED) is 0.347. The van der Waals surface area contributed by atoms with E-state index in [-0.39, 0.29) is 29.5 Å². The number of rotatable bonds is 7. The van der Waals surface area contributed by atoms with Crippen LogP contribution in [-0.2, 0) is 19.8 Å². The molecule has 4 heterocycles. The summed E-state index contributed by atoms with van der Waals surface area (Å²) >= 11 is 0. The molecular weight excluding hydrogens is 593 g/mol. The molecule has 0 atom stereocenters. The van der Waals surface area contributed by atoms with Crippen LogP contribution < -0.4 is 16.0 Å². The average Bonchev–Trinajstić information content (AvgIpc) is 3.53. The number of hydrogen-bond donors (Lipinski definition) is 3. The highest BCUT2D eigenvalue weighted by atomic mass is 19.4. The van der Waals surface area contributed by atoms with Gasteiger partial charge in [-0.25, -0.2) is 18.6 Å². The van der Waals surface area contributed by atoms with Crippen LogP contribution in [0.3, 0.4) is 0 Å². The number of benzene rings is 1. The van der Waals surface area contributed by atoms with Crippen molar-refractivity contribution in [1.29, 1.82) is 0 Å². The molecule has 17 heteroatoms. The minimum absolute atomic E-state index is 0.121. The third kappa shape index (κ3) is 6.51. The van der Waals surface area contributed by atoms with Crippen LogP contribution in [0.2, 0.25) is 0 Å². The molecule has 0 spiro atoms. The van der Waals surface area contributed by atoms with Crippen molar-refractivity contribution in [2.24, 2.45) is 7.05 Å². The number of imidazole rings is 1. The molecule has 0 bridgehead atoms. The lowest BCUT2D eigenvalue weighted by atomic mass is 10.1. The van der Waals surface area contributed by atoms with Crippen LogP contribution in [0.4, 0.5) is 32.4 Å². The normalized spacial score (nSPS) is 15.8. The number of aromatic nitrogens is 4. The maximum Gasteiger partial charge on any atom is 0.435 e. The number of halogens is 5. The molecule has 2 aromatic heterocycles. The van der Waals surface area contributed by atoms with Crippen molar-refractivity contribution >= 4 is 23.5 Å². The Bertz CT molecular complexity index is 1560. The number of alkyl halides is 5. The van der Waals surface area contributed by atoms with Gasteiger partial charge in [-0.2, -0.15) is 18.3 Å². The maximum absolute atomic E-state index is 13.6. The molecule has 12 nitrogen and oxygen atoms in total. The van der Waals surface area contributed by atoms with Gasteiger partial charge in [0.1, 0.15) is 6.54 Å². The fraction of sp³-hybridized carbons (Fsp3) is 0.444. The van der Waals surface area contributed by atoms with E-state index in [0.717, 1.165) is 30.1 Å². The van der Waals surface area contributed by atoms with Crippen LogP contribution in [0.25, 0.3) is 11.3 Å². The molecule has 4 amide bonds. The van der Waals surface area contributed by atoms with Crippen LogP contribution in [0.15, 0.2) is 30.6 Å². The monoisotopic (exact) mass is 623 g/mol. The summed E-state index contributed by atoms with van der Waals surface area (Å²) in [5.41, 5.74) is -0.699. The zero-order valence-corrected chi connectivity index (χ0v) is 23.8. The molecule has 0 aliphatic carbocycles. The first-order valence-electron chi connectivity index (χ1n) is 13.7. The fourth-order valence-electron chi connectivity index (χ4n) is 5.03. The molecule has 236 valence electrons. The topological polar surface area (TPSA) is 129 Å². The van der Waals surface area contributed by atoms with Crippen molar-refractivity contribution in [2.75, 3.05) is 44.6 Å². The zero-order valence-electron chi connectivity index (χ0n) is 23.8. The Morgan fingerprint density at radius 2 is 1.77 bits per heavy atom. The number of nitrogens with zero attached hydrogens (tertiary/aromatic N) is 6. The van der Waals surface area contributed by atoms with Gasteiger partial charge in [-0.1, -0.05) is 0 Å². The van der Waals surface area contributed by atoms with Crippen molar-refractivity contribution in [1.82, 2.24) is 39.8 Å². The summed E-state index contributed by atoms with van der Waals surface area (Å²) in [6.07, 6.45) is -5.97. The van der Waals surface area contributed by atoms with E-state index in [4.69, 9.17) is 0 Å². The summed E-state index contributed by atoms with van der Waals surface area (Å²) in [4.78, 5) is 45.9. The van der Waals surface area contributed by atoms with Gasteiger partial charge in [-0.05, 0) is 30.7 Å². The summed E-state index contributed by atoms with van der Waals surface area (Å²) in [5.74, 6) is -1.19. The van der Waals surface area contributed by atoms with Gasteiger partial charge >= 0.3 is 12.2 Å². The third-order valence-corrected chi connectivity index (χ3v) is 7.50. The Labute approximate surface area is 248 Å². The Kier molecular flexibility index (Phi) is 8.58. The molecule has 2 aliphatic rings. The number of hydrogen-bond acceptors (Lipinski definition) is 6. The van der Waals surface area contributed by atoms with Gasteiger partial charge in [0.2, 0.25) is 0 Å². The summed E-state index contributed by atoms with van der Waals surface area (Å²) in [7, 11) is 1.32. The Morgan fingerprint density at radius 3 is 2.36 bits per heavy atom. The number of piperazine rings is 1. The number of amides is 4. The van der Waals surface area contributed by atoms with Crippen LogP contribution >= 0.6 is 0 Å². The van der Waals surface area contributed by atoms with E-state index < -0.39 is 36.3 Å². The highest BCUT2D eigenvalue weighted by Gasteiger charge is 2.39. The highest BCUT2D eigenvalue weighted by Crippen LogP contribution is 2.36. The molecule has 5 rings (SSSR count). The van der Waals surface area contributed by atoms with Crippen molar-refractivity contribution in [3.63, 3.8) is 0 Å². The molecule has 44 heavy (non-hydrogen) atoms. The summed E-state index contributed by atoms with van der Waals surface area (Å²) in [6.45, 7) is 3.68. The van der Waals surface area contributed by atoms with Gasteiger partial charge in [0.25, 0.3) is 18.2 Å². The van der Waals surface area contributed by atoms with Gasteiger partial charge in [-0.3, -0.25) is 14.3 Å². The molecule has 0 radical (unpaired) electrons. The highest BCUT2D eigenvalue weighted by molar-refractivity contribution is 6.03. The SMILES string of the molecule is Cc1cc(NC(=O)c2ncc(-c3cn(CC(F)F)nc3C(F)(F)F)n2C)ccc1C(=O)N1CCN(C(=O)NC2CNC2)CC1. The molecule has 2 fully saturated rings. The summed E-state index contributed by atoms with van der Waals surface area (Å²) < 4.78 is 68.0. The largest absolute Gasteiger partial charge is 0.435 e. The zero-order chi connectivity index (χ0) is 31.8. The lowest BCUT2D eigenvalue weighted by Gasteiger charge is -2.37. The average molecular weight is 624 g/mol. The number of nitrogens with one attached hydrogen (secondary N) is 3. The van der Waals surface area contributed by atoms with E-state index in [1.54, 1.807) is 28.9 Å². The minimum atomic E-state index is -4.93. The second kappa shape index (κ2) is 12.2. The third-order valence-electron chi connectivity index (χ3n) is 7.50. The second-order valence-electron chi connectivity index (χ2n) is 10.6.